The van der Waals surface area contributed by atoms with Gasteiger partial charge in [-0.1, -0.05) is 26.3 Å². The van der Waals surface area contributed by atoms with Gasteiger partial charge in [-0.15, -0.1) is 0 Å². The van der Waals surface area contributed by atoms with E-state index >= 15 is 0 Å². The molecule has 1 aliphatic rings. The normalized spacial score (nSPS) is 22.4. The second kappa shape index (κ2) is 4.99. The highest BCUT2D eigenvalue weighted by Crippen LogP contribution is 2.39. The fraction of sp³-hybridized carbons (Fsp3) is 0.600. The van der Waals surface area contributed by atoms with E-state index in [4.69, 9.17) is 4.74 Å². The standard InChI is InChI=1S/C15H23NO/c1-4-17-13-8-5-7-12(11-13)16-14-9-6-10-15(14,2)3/h5,7-8,11,14,16H,4,6,9-10H2,1-3H3. The molecule has 17 heavy (non-hydrogen) atoms. The fourth-order valence-electron chi connectivity index (χ4n) is 2.64. The second-order valence-corrected chi connectivity index (χ2v) is 5.54. The van der Waals surface area contributed by atoms with Crippen molar-refractivity contribution in [3.05, 3.63) is 24.3 Å². The van der Waals surface area contributed by atoms with Gasteiger partial charge in [0, 0.05) is 17.8 Å². The van der Waals surface area contributed by atoms with Crippen molar-refractivity contribution in [2.24, 2.45) is 5.41 Å². The van der Waals surface area contributed by atoms with Gasteiger partial charge in [-0.2, -0.15) is 0 Å². The molecule has 1 aliphatic carbocycles. The van der Waals surface area contributed by atoms with Gasteiger partial charge in [0.25, 0.3) is 0 Å². The van der Waals surface area contributed by atoms with E-state index in [1.54, 1.807) is 0 Å². The number of benzene rings is 1. The number of rotatable bonds is 4. The lowest BCUT2D eigenvalue weighted by molar-refractivity contribution is 0.339. The number of hydrogen-bond acceptors (Lipinski definition) is 2. The van der Waals surface area contributed by atoms with Gasteiger partial charge in [-0.05, 0) is 37.3 Å². The second-order valence-electron chi connectivity index (χ2n) is 5.54. The van der Waals surface area contributed by atoms with Gasteiger partial charge in [0.05, 0.1) is 6.61 Å². The Morgan fingerprint density at radius 3 is 2.88 bits per heavy atom. The van der Waals surface area contributed by atoms with Crippen LogP contribution in [0.5, 0.6) is 5.75 Å². The van der Waals surface area contributed by atoms with Crippen molar-refractivity contribution < 1.29 is 4.74 Å². The molecular formula is C15H23NO. The third kappa shape index (κ3) is 2.93. The van der Waals surface area contributed by atoms with E-state index in [1.165, 1.54) is 24.9 Å². The van der Waals surface area contributed by atoms with Crippen LogP contribution >= 0.6 is 0 Å². The zero-order valence-corrected chi connectivity index (χ0v) is 11.1. The highest BCUT2D eigenvalue weighted by molar-refractivity contribution is 5.49. The molecule has 1 N–H and O–H groups in total. The Kier molecular flexibility index (Phi) is 3.60. The van der Waals surface area contributed by atoms with E-state index in [0.29, 0.717) is 11.5 Å². The Hall–Kier alpha value is -1.18. The minimum absolute atomic E-state index is 0.404. The fourth-order valence-corrected chi connectivity index (χ4v) is 2.64. The van der Waals surface area contributed by atoms with E-state index in [0.717, 1.165) is 12.4 Å². The van der Waals surface area contributed by atoms with Crippen LogP contribution in [-0.2, 0) is 0 Å². The lowest BCUT2D eigenvalue weighted by Gasteiger charge is -2.28. The smallest absolute Gasteiger partial charge is 0.121 e. The van der Waals surface area contributed by atoms with E-state index in [2.05, 4.69) is 37.4 Å². The van der Waals surface area contributed by atoms with Crippen molar-refractivity contribution >= 4 is 5.69 Å². The van der Waals surface area contributed by atoms with Crippen molar-refractivity contribution in [2.75, 3.05) is 11.9 Å². The summed E-state index contributed by atoms with van der Waals surface area (Å²) in [5.74, 6) is 0.952. The number of nitrogens with one attached hydrogen (secondary N) is 1. The Labute approximate surface area is 104 Å². The third-order valence-corrected chi connectivity index (χ3v) is 3.74. The molecule has 0 aliphatic heterocycles. The van der Waals surface area contributed by atoms with Crippen LogP contribution in [0.25, 0.3) is 0 Å². The van der Waals surface area contributed by atoms with E-state index < -0.39 is 0 Å². The molecule has 0 spiro atoms. The average molecular weight is 233 g/mol. The van der Waals surface area contributed by atoms with Crippen molar-refractivity contribution in [3.63, 3.8) is 0 Å². The van der Waals surface area contributed by atoms with Crippen LogP contribution in [0.2, 0.25) is 0 Å². The van der Waals surface area contributed by atoms with Gasteiger partial charge in [-0.25, -0.2) is 0 Å². The summed E-state index contributed by atoms with van der Waals surface area (Å²) in [5, 5.41) is 3.65. The van der Waals surface area contributed by atoms with Crippen LogP contribution in [-0.4, -0.2) is 12.6 Å². The topological polar surface area (TPSA) is 21.3 Å². The zero-order chi connectivity index (χ0) is 12.3. The maximum Gasteiger partial charge on any atom is 0.121 e. The van der Waals surface area contributed by atoms with Crippen molar-refractivity contribution in [2.45, 2.75) is 46.1 Å². The summed E-state index contributed by atoms with van der Waals surface area (Å²) in [7, 11) is 0. The maximum atomic E-state index is 5.52. The van der Waals surface area contributed by atoms with Gasteiger partial charge in [0.15, 0.2) is 0 Å². The van der Waals surface area contributed by atoms with Gasteiger partial charge in [0.1, 0.15) is 5.75 Å². The van der Waals surface area contributed by atoms with E-state index in [9.17, 15) is 0 Å². The van der Waals surface area contributed by atoms with Crippen LogP contribution in [0.3, 0.4) is 0 Å². The van der Waals surface area contributed by atoms with Gasteiger partial charge in [0.2, 0.25) is 0 Å². The summed E-state index contributed by atoms with van der Waals surface area (Å²) in [6, 6.07) is 8.86. The van der Waals surface area contributed by atoms with Gasteiger partial charge >= 0.3 is 0 Å². The first-order chi connectivity index (χ1) is 8.12. The van der Waals surface area contributed by atoms with Gasteiger partial charge in [-0.3, -0.25) is 0 Å². The van der Waals surface area contributed by atoms with Crippen molar-refractivity contribution in [3.8, 4) is 5.75 Å². The molecule has 2 heteroatoms. The highest BCUT2D eigenvalue weighted by atomic mass is 16.5. The minimum atomic E-state index is 0.404. The largest absolute Gasteiger partial charge is 0.494 e. The Morgan fingerprint density at radius 1 is 1.41 bits per heavy atom. The molecule has 2 rings (SSSR count). The van der Waals surface area contributed by atoms with E-state index in [1.807, 2.05) is 13.0 Å². The summed E-state index contributed by atoms with van der Waals surface area (Å²) in [6.07, 6.45) is 3.91. The van der Waals surface area contributed by atoms with Gasteiger partial charge < -0.3 is 10.1 Å². The zero-order valence-electron chi connectivity index (χ0n) is 11.1. The molecule has 0 aromatic heterocycles. The summed E-state index contributed by atoms with van der Waals surface area (Å²) >= 11 is 0. The highest BCUT2D eigenvalue weighted by Gasteiger charge is 2.34. The Balaban J connectivity index is 2.05. The lowest BCUT2D eigenvalue weighted by atomic mass is 9.87. The number of hydrogen-bond donors (Lipinski definition) is 1. The quantitative estimate of drug-likeness (QED) is 0.846. The summed E-state index contributed by atoms with van der Waals surface area (Å²) in [6.45, 7) is 7.44. The Bertz CT molecular complexity index is 373. The van der Waals surface area contributed by atoms with E-state index in [-0.39, 0.29) is 0 Å². The molecule has 1 aromatic carbocycles. The first kappa shape index (κ1) is 12.3. The molecule has 94 valence electrons. The number of anilines is 1. The molecular weight excluding hydrogens is 210 g/mol. The lowest BCUT2D eigenvalue weighted by Crippen LogP contribution is -2.30. The van der Waals surface area contributed by atoms with Crippen LogP contribution in [0.15, 0.2) is 24.3 Å². The van der Waals surface area contributed by atoms with Crippen LogP contribution in [0, 0.1) is 5.41 Å². The molecule has 2 nitrogen and oxygen atoms in total. The predicted octanol–water partition coefficient (Wildman–Crippen LogP) is 4.08. The molecule has 1 aromatic rings. The molecule has 0 amide bonds. The van der Waals surface area contributed by atoms with Crippen molar-refractivity contribution in [1.82, 2.24) is 0 Å². The molecule has 0 heterocycles. The first-order valence-corrected chi connectivity index (χ1v) is 6.61. The molecule has 1 atom stereocenters. The minimum Gasteiger partial charge on any atom is -0.494 e. The molecule has 0 saturated heterocycles. The molecule has 1 saturated carbocycles. The molecule has 1 fully saturated rings. The number of ether oxygens (including phenoxy) is 1. The monoisotopic (exact) mass is 233 g/mol. The molecule has 0 bridgehead atoms. The Morgan fingerprint density at radius 2 is 2.24 bits per heavy atom. The van der Waals surface area contributed by atoms with Crippen LogP contribution in [0.4, 0.5) is 5.69 Å². The summed E-state index contributed by atoms with van der Waals surface area (Å²) in [5.41, 5.74) is 1.58. The maximum absolute atomic E-state index is 5.52. The molecule has 0 radical (unpaired) electrons. The van der Waals surface area contributed by atoms with Crippen LogP contribution < -0.4 is 10.1 Å². The third-order valence-electron chi connectivity index (χ3n) is 3.74. The first-order valence-electron chi connectivity index (χ1n) is 6.61. The summed E-state index contributed by atoms with van der Waals surface area (Å²) < 4.78 is 5.52. The molecule has 1 unspecified atom stereocenters. The van der Waals surface area contributed by atoms with Crippen molar-refractivity contribution in [1.29, 1.82) is 0 Å². The average Bonchev–Trinajstić information content (AvgIpc) is 2.59. The predicted molar refractivity (Wildman–Crippen MR) is 72.7 cm³/mol. The SMILES string of the molecule is CCOc1cccc(NC2CCCC2(C)C)c1. The summed E-state index contributed by atoms with van der Waals surface area (Å²) in [4.78, 5) is 0. The van der Waals surface area contributed by atoms with Crippen LogP contribution in [0.1, 0.15) is 40.0 Å².